The van der Waals surface area contributed by atoms with Crippen molar-refractivity contribution in [1.82, 2.24) is 10.6 Å². The summed E-state index contributed by atoms with van der Waals surface area (Å²) in [4.78, 5) is 12.0. The van der Waals surface area contributed by atoms with Crippen molar-refractivity contribution in [3.8, 4) is 0 Å². The minimum absolute atomic E-state index is 0.0556. The van der Waals surface area contributed by atoms with Gasteiger partial charge in [-0.1, -0.05) is 6.07 Å². The number of benzene rings is 1. The summed E-state index contributed by atoms with van der Waals surface area (Å²) in [6.45, 7) is 6.09. The standard InChI is InChI=1S/C14H20N2O/c1-10-3-4-12(9-11(10)2)14(17)16-13-5-7-15-8-6-13/h3-4,9,13,15H,5-8H2,1-2H3,(H,16,17). The van der Waals surface area contributed by atoms with Crippen molar-refractivity contribution in [2.75, 3.05) is 13.1 Å². The second kappa shape index (κ2) is 5.32. The maximum Gasteiger partial charge on any atom is 0.251 e. The molecule has 1 aliphatic rings. The summed E-state index contributed by atoms with van der Waals surface area (Å²) in [5.74, 6) is 0.0556. The van der Waals surface area contributed by atoms with Gasteiger partial charge >= 0.3 is 0 Å². The van der Waals surface area contributed by atoms with E-state index < -0.39 is 0 Å². The Balaban J connectivity index is 2.01. The van der Waals surface area contributed by atoms with Crippen molar-refractivity contribution in [3.63, 3.8) is 0 Å². The van der Waals surface area contributed by atoms with Gasteiger partial charge in [-0.05, 0) is 63.0 Å². The molecule has 0 aliphatic carbocycles. The van der Waals surface area contributed by atoms with Gasteiger partial charge in [0.1, 0.15) is 0 Å². The highest BCUT2D eigenvalue weighted by atomic mass is 16.1. The normalized spacial score (nSPS) is 16.8. The Labute approximate surface area is 103 Å². The molecule has 17 heavy (non-hydrogen) atoms. The molecule has 3 nitrogen and oxygen atoms in total. The number of nitrogens with one attached hydrogen (secondary N) is 2. The molecule has 3 heteroatoms. The molecule has 0 spiro atoms. The smallest absolute Gasteiger partial charge is 0.251 e. The number of carbonyl (C=O) groups excluding carboxylic acids is 1. The largest absolute Gasteiger partial charge is 0.349 e. The fraction of sp³-hybridized carbons (Fsp3) is 0.500. The second-order valence-corrected chi connectivity index (χ2v) is 4.80. The van der Waals surface area contributed by atoms with Crippen LogP contribution in [0.15, 0.2) is 18.2 Å². The molecule has 0 radical (unpaired) electrons. The summed E-state index contributed by atoms with van der Waals surface area (Å²) >= 11 is 0. The van der Waals surface area contributed by atoms with Crippen LogP contribution in [0.5, 0.6) is 0 Å². The van der Waals surface area contributed by atoms with Crippen LogP contribution in [0, 0.1) is 13.8 Å². The number of hydrogen-bond donors (Lipinski definition) is 2. The predicted octanol–water partition coefficient (Wildman–Crippen LogP) is 1.79. The van der Waals surface area contributed by atoms with E-state index in [9.17, 15) is 4.79 Å². The molecule has 1 fully saturated rings. The third-order valence-electron chi connectivity index (χ3n) is 3.44. The molecule has 0 unspecified atom stereocenters. The van der Waals surface area contributed by atoms with Crippen LogP contribution >= 0.6 is 0 Å². The first kappa shape index (κ1) is 12.1. The first-order valence-corrected chi connectivity index (χ1v) is 6.25. The number of carbonyl (C=O) groups is 1. The van der Waals surface area contributed by atoms with Crippen LogP contribution in [0.3, 0.4) is 0 Å². The van der Waals surface area contributed by atoms with E-state index in [1.54, 1.807) is 0 Å². The molecule has 0 aromatic heterocycles. The van der Waals surface area contributed by atoms with E-state index in [1.807, 2.05) is 25.1 Å². The molecule has 1 saturated heterocycles. The lowest BCUT2D eigenvalue weighted by Gasteiger charge is -2.23. The fourth-order valence-electron chi connectivity index (χ4n) is 2.12. The van der Waals surface area contributed by atoms with E-state index >= 15 is 0 Å². The van der Waals surface area contributed by atoms with E-state index in [4.69, 9.17) is 0 Å². The lowest BCUT2D eigenvalue weighted by atomic mass is 10.0. The van der Waals surface area contributed by atoms with Crippen LogP contribution in [0.25, 0.3) is 0 Å². The molecule has 1 heterocycles. The van der Waals surface area contributed by atoms with Crippen LogP contribution in [0.1, 0.15) is 34.3 Å². The Morgan fingerprint density at radius 2 is 1.94 bits per heavy atom. The van der Waals surface area contributed by atoms with Gasteiger partial charge in [0.05, 0.1) is 0 Å². The van der Waals surface area contributed by atoms with E-state index in [0.717, 1.165) is 31.5 Å². The molecule has 0 bridgehead atoms. The Morgan fingerprint density at radius 3 is 2.59 bits per heavy atom. The monoisotopic (exact) mass is 232 g/mol. The van der Waals surface area contributed by atoms with E-state index in [2.05, 4.69) is 17.6 Å². The van der Waals surface area contributed by atoms with Crippen molar-refractivity contribution in [1.29, 1.82) is 0 Å². The quantitative estimate of drug-likeness (QED) is 0.816. The van der Waals surface area contributed by atoms with Gasteiger partial charge in [0, 0.05) is 11.6 Å². The summed E-state index contributed by atoms with van der Waals surface area (Å²) < 4.78 is 0. The summed E-state index contributed by atoms with van der Waals surface area (Å²) in [7, 11) is 0. The number of amides is 1. The molecule has 1 aliphatic heterocycles. The molecule has 1 amide bonds. The van der Waals surface area contributed by atoms with Crippen LogP contribution in [0.4, 0.5) is 0 Å². The van der Waals surface area contributed by atoms with Crippen molar-refractivity contribution in [2.24, 2.45) is 0 Å². The Bertz CT molecular complexity index is 409. The minimum Gasteiger partial charge on any atom is -0.349 e. The topological polar surface area (TPSA) is 41.1 Å². The molecular weight excluding hydrogens is 212 g/mol. The number of rotatable bonds is 2. The molecule has 1 aromatic rings. The summed E-state index contributed by atoms with van der Waals surface area (Å²) in [6, 6.07) is 6.20. The molecule has 0 saturated carbocycles. The van der Waals surface area contributed by atoms with Gasteiger partial charge in [-0.3, -0.25) is 4.79 Å². The molecule has 2 N–H and O–H groups in total. The number of piperidine rings is 1. The van der Waals surface area contributed by atoms with Crippen LogP contribution < -0.4 is 10.6 Å². The van der Waals surface area contributed by atoms with Crippen molar-refractivity contribution < 1.29 is 4.79 Å². The van der Waals surface area contributed by atoms with Crippen LogP contribution in [-0.2, 0) is 0 Å². The predicted molar refractivity (Wildman–Crippen MR) is 69.3 cm³/mol. The van der Waals surface area contributed by atoms with E-state index in [1.165, 1.54) is 11.1 Å². The lowest BCUT2D eigenvalue weighted by Crippen LogP contribution is -2.42. The number of hydrogen-bond acceptors (Lipinski definition) is 2. The van der Waals surface area contributed by atoms with Gasteiger partial charge in [-0.2, -0.15) is 0 Å². The Kier molecular flexibility index (Phi) is 3.79. The van der Waals surface area contributed by atoms with Gasteiger partial charge in [0.15, 0.2) is 0 Å². The van der Waals surface area contributed by atoms with Crippen molar-refractivity contribution in [2.45, 2.75) is 32.7 Å². The van der Waals surface area contributed by atoms with E-state index in [0.29, 0.717) is 6.04 Å². The van der Waals surface area contributed by atoms with Gasteiger partial charge in [-0.15, -0.1) is 0 Å². The molecule has 2 rings (SSSR count). The first-order valence-electron chi connectivity index (χ1n) is 6.25. The van der Waals surface area contributed by atoms with Gasteiger partial charge < -0.3 is 10.6 Å². The van der Waals surface area contributed by atoms with Crippen molar-refractivity contribution >= 4 is 5.91 Å². The summed E-state index contributed by atoms with van der Waals surface area (Å²) in [5.41, 5.74) is 3.16. The molecular formula is C14H20N2O. The van der Waals surface area contributed by atoms with Gasteiger partial charge in [-0.25, -0.2) is 0 Å². The van der Waals surface area contributed by atoms with Crippen LogP contribution in [-0.4, -0.2) is 25.0 Å². The maximum absolute atomic E-state index is 12.0. The van der Waals surface area contributed by atoms with Crippen LogP contribution in [0.2, 0.25) is 0 Å². The maximum atomic E-state index is 12.0. The second-order valence-electron chi connectivity index (χ2n) is 4.80. The minimum atomic E-state index is 0.0556. The highest BCUT2D eigenvalue weighted by Gasteiger charge is 2.16. The highest BCUT2D eigenvalue weighted by molar-refractivity contribution is 5.94. The zero-order chi connectivity index (χ0) is 12.3. The number of aryl methyl sites for hydroxylation is 2. The Hall–Kier alpha value is -1.35. The third-order valence-corrected chi connectivity index (χ3v) is 3.44. The summed E-state index contributed by atoms with van der Waals surface area (Å²) in [6.07, 6.45) is 2.05. The fourth-order valence-corrected chi connectivity index (χ4v) is 2.12. The molecule has 1 aromatic carbocycles. The van der Waals surface area contributed by atoms with Crippen molar-refractivity contribution in [3.05, 3.63) is 34.9 Å². The average Bonchev–Trinajstić information content (AvgIpc) is 2.34. The Morgan fingerprint density at radius 1 is 1.24 bits per heavy atom. The lowest BCUT2D eigenvalue weighted by molar-refractivity contribution is 0.0929. The third kappa shape index (κ3) is 3.07. The zero-order valence-electron chi connectivity index (χ0n) is 10.5. The van der Waals surface area contributed by atoms with Gasteiger partial charge in [0.25, 0.3) is 5.91 Å². The SMILES string of the molecule is Cc1ccc(C(=O)NC2CCNCC2)cc1C. The average molecular weight is 232 g/mol. The zero-order valence-corrected chi connectivity index (χ0v) is 10.5. The van der Waals surface area contributed by atoms with Gasteiger partial charge in [0.2, 0.25) is 0 Å². The molecule has 0 atom stereocenters. The van der Waals surface area contributed by atoms with E-state index in [-0.39, 0.29) is 5.91 Å². The first-order chi connectivity index (χ1) is 8.16. The summed E-state index contributed by atoms with van der Waals surface area (Å²) in [5, 5.41) is 6.40. The molecule has 92 valence electrons. The highest BCUT2D eigenvalue weighted by Crippen LogP contribution is 2.11.